The van der Waals surface area contributed by atoms with Gasteiger partial charge in [0.05, 0.1) is 12.0 Å². The Morgan fingerprint density at radius 2 is 1.90 bits per heavy atom. The number of imidazole rings is 1. The minimum absolute atomic E-state index is 0.0288. The molecule has 0 aliphatic carbocycles. The van der Waals surface area contributed by atoms with E-state index in [1.54, 1.807) is 4.57 Å². The van der Waals surface area contributed by atoms with Crippen LogP contribution < -0.4 is 4.72 Å². The summed E-state index contributed by atoms with van der Waals surface area (Å²) in [6, 6.07) is 3.74. The normalized spacial score (nSPS) is 11.6. The van der Waals surface area contributed by atoms with E-state index < -0.39 is 10.0 Å². The van der Waals surface area contributed by atoms with Gasteiger partial charge in [-0.05, 0) is 44.0 Å². The highest BCUT2D eigenvalue weighted by molar-refractivity contribution is 9.10. The third kappa shape index (κ3) is 3.04. The number of benzene rings is 1. The maximum absolute atomic E-state index is 12.3. The minimum atomic E-state index is -3.66. The number of sulfonamides is 1. The molecule has 1 heterocycles. The van der Waals surface area contributed by atoms with E-state index in [4.69, 9.17) is 0 Å². The number of aromatic nitrogens is 2. The molecule has 1 N–H and O–H groups in total. The monoisotopic (exact) mass is 357 g/mol. The van der Waals surface area contributed by atoms with E-state index in [2.05, 4.69) is 25.6 Å². The lowest BCUT2D eigenvalue weighted by molar-refractivity contribution is 0.598. The number of hydrogen-bond donors (Lipinski definition) is 1. The average Bonchev–Trinajstić information content (AvgIpc) is 2.83. The van der Waals surface area contributed by atoms with Crippen LogP contribution in [0.15, 0.2) is 34.2 Å². The van der Waals surface area contributed by atoms with Crippen LogP contribution in [-0.4, -0.2) is 18.0 Å². The first-order valence-corrected chi connectivity index (χ1v) is 8.42. The highest BCUT2D eigenvalue weighted by Gasteiger charge is 2.19. The minimum Gasteiger partial charge on any atom is -0.336 e. The number of rotatable bonds is 4. The van der Waals surface area contributed by atoms with Crippen LogP contribution in [0, 0.1) is 13.8 Å². The first-order valence-electron chi connectivity index (χ1n) is 6.15. The van der Waals surface area contributed by atoms with Crippen molar-refractivity contribution in [2.75, 3.05) is 4.72 Å². The van der Waals surface area contributed by atoms with Crippen molar-refractivity contribution in [3.8, 4) is 0 Å². The van der Waals surface area contributed by atoms with Gasteiger partial charge < -0.3 is 4.57 Å². The molecule has 2 aromatic rings. The predicted octanol–water partition coefficient (Wildman–Crippen LogP) is 3.08. The summed E-state index contributed by atoms with van der Waals surface area (Å²) in [5.74, 6) is 0. The van der Waals surface area contributed by atoms with Crippen molar-refractivity contribution in [1.29, 1.82) is 0 Å². The van der Waals surface area contributed by atoms with E-state index in [0.717, 1.165) is 15.6 Å². The molecule has 0 fully saturated rings. The zero-order chi connectivity index (χ0) is 14.9. The SMILES string of the molecule is CCn1cnc(S(=O)(=O)Nc2c(C)cc(Br)cc2C)c1. The zero-order valence-corrected chi connectivity index (χ0v) is 13.9. The van der Waals surface area contributed by atoms with Crippen molar-refractivity contribution < 1.29 is 8.42 Å². The Morgan fingerprint density at radius 1 is 1.30 bits per heavy atom. The summed E-state index contributed by atoms with van der Waals surface area (Å²) >= 11 is 3.39. The molecule has 0 saturated carbocycles. The lowest BCUT2D eigenvalue weighted by atomic mass is 10.1. The summed E-state index contributed by atoms with van der Waals surface area (Å²) < 4.78 is 29.9. The van der Waals surface area contributed by atoms with E-state index in [1.165, 1.54) is 12.5 Å². The maximum Gasteiger partial charge on any atom is 0.280 e. The van der Waals surface area contributed by atoms with Crippen molar-refractivity contribution >= 4 is 31.6 Å². The quantitative estimate of drug-likeness (QED) is 0.914. The van der Waals surface area contributed by atoms with E-state index in [0.29, 0.717) is 12.2 Å². The van der Waals surface area contributed by atoms with E-state index in [9.17, 15) is 8.42 Å². The predicted molar refractivity (Wildman–Crippen MR) is 82.3 cm³/mol. The molecule has 0 aliphatic heterocycles. The number of anilines is 1. The fraction of sp³-hybridized carbons (Fsp3) is 0.308. The average molecular weight is 358 g/mol. The number of hydrogen-bond acceptors (Lipinski definition) is 3. The summed E-state index contributed by atoms with van der Waals surface area (Å²) in [5.41, 5.74) is 2.31. The van der Waals surface area contributed by atoms with Crippen molar-refractivity contribution in [3.63, 3.8) is 0 Å². The Balaban J connectivity index is 2.38. The Kier molecular flexibility index (Phi) is 4.19. The molecule has 7 heteroatoms. The molecule has 0 radical (unpaired) electrons. The second-order valence-electron chi connectivity index (χ2n) is 4.56. The molecule has 0 atom stereocenters. The van der Waals surface area contributed by atoms with Gasteiger partial charge in [0.2, 0.25) is 0 Å². The summed E-state index contributed by atoms with van der Waals surface area (Å²) in [6.45, 7) is 6.33. The molecule has 5 nitrogen and oxygen atoms in total. The van der Waals surface area contributed by atoms with Gasteiger partial charge in [-0.2, -0.15) is 8.42 Å². The molecule has 1 aromatic carbocycles. The molecule has 20 heavy (non-hydrogen) atoms. The van der Waals surface area contributed by atoms with Gasteiger partial charge in [0.25, 0.3) is 10.0 Å². The summed E-state index contributed by atoms with van der Waals surface area (Å²) in [4.78, 5) is 3.93. The van der Waals surface area contributed by atoms with Gasteiger partial charge >= 0.3 is 0 Å². The van der Waals surface area contributed by atoms with Crippen molar-refractivity contribution in [2.24, 2.45) is 0 Å². The van der Waals surface area contributed by atoms with Crippen LogP contribution in [-0.2, 0) is 16.6 Å². The van der Waals surface area contributed by atoms with Gasteiger partial charge in [-0.15, -0.1) is 0 Å². The largest absolute Gasteiger partial charge is 0.336 e. The van der Waals surface area contributed by atoms with Crippen LogP contribution >= 0.6 is 15.9 Å². The summed E-state index contributed by atoms with van der Waals surface area (Å²) in [5, 5.41) is 0.0288. The van der Waals surface area contributed by atoms with Crippen LogP contribution in [0.2, 0.25) is 0 Å². The molecule has 0 amide bonds. The lowest BCUT2D eigenvalue weighted by Gasteiger charge is -2.12. The molecular weight excluding hydrogens is 342 g/mol. The molecule has 2 rings (SSSR count). The number of nitrogens with zero attached hydrogens (tertiary/aromatic N) is 2. The molecule has 0 bridgehead atoms. The first-order chi connectivity index (χ1) is 9.33. The van der Waals surface area contributed by atoms with E-state index >= 15 is 0 Å². The summed E-state index contributed by atoms with van der Waals surface area (Å²) in [6.07, 6.45) is 3.03. The standard InChI is InChI=1S/C13H16BrN3O2S/c1-4-17-7-12(15-8-17)20(18,19)16-13-9(2)5-11(14)6-10(13)3/h5-8,16H,4H2,1-3H3. The van der Waals surface area contributed by atoms with Crippen molar-refractivity contribution in [2.45, 2.75) is 32.3 Å². The molecule has 1 aromatic heterocycles. The van der Waals surface area contributed by atoms with Crippen LogP contribution in [0.1, 0.15) is 18.1 Å². The molecule has 0 spiro atoms. The fourth-order valence-electron chi connectivity index (χ4n) is 1.91. The van der Waals surface area contributed by atoms with E-state index in [-0.39, 0.29) is 5.03 Å². The highest BCUT2D eigenvalue weighted by atomic mass is 79.9. The Hall–Kier alpha value is -1.34. The number of halogens is 1. The van der Waals surface area contributed by atoms with Crippen molar-refractivity contribution in [1.82, 2.24) is 9.55 Å². The smallest absolute Gasteiger partial charge is 0.280 e. The molecule has 0 aliphatic rings. The molecule has 108 valence electrons. The zero-order valence-electron chi connectivity index (χ0n) is 11.5. The van der Waals surface area contributed by atoms with Gasteiger partial charge in [0.1, 0.15) is 0 Å². The van der Waals surface area contributed by atoms with Gasteiger partial charge in [-0.25, -0.2) is 4.98 Å². The van der Waals surface area contributed by atoms with Gasteiger partial charge in [0, 0.05) is 17.2 Å². The number of nitrogens with one attached hydrogen (secondary N) is 1. The second kappa shape index (κ2) is 5.57. The lowest BCUT2D eigenvalue weighted by Crippen LogP contribution is -2.15. The first kappa shape index (κ1) is 15.1. The fourth-order valence-corrected chi connectivity index (χ4v) is 3.75. The topological polar surface area (TPSA) is 64.0 Å². The van der Waals surface area contributed by atoms with Gasteiger partial charge in [0.15, 0.2) is 5.03 Å². The van der Waals surface area contributed by atoms with Crippen molar-refractivity contribution in [3.05, 3.63) is 40.3 Å². The van der Waals surface area contributed by atoms with Gasteiger partial charge in [-0.1, -0.05) is 15.9 Å². The Labute approximate surface area is 127 Å². The van der Waals surface area contributed by atoms with Crippen LogP contribution in [0.3, 0.4) is 0 Å². The highest BCUT2D eigenvalue weighted by Crippen LogP contribution is 2.27. The Bertz CT molecular complexity index is 715. The van der Waals surface area contributed by atoms with Crippen LogP contribution in [0.5, 0.6) is 0 Å². The van der Waals surface area contributed by atoms with E-state index in [1.807, 2.05) is 32.9 Å². The molecular formula is C13H16BrN3O2S. The number of aryl methyl sites for hydroxylation is 3. The summed E-state index contributed by atoms with van der Waals surface area (Å²) in [7, 11) is -3.66. The maximum atomic E-state index is 12.3. The Morgan fingerprint density at radius 3 is 2.40 bits per heavy atom. The molecule has 0 unspecified atom stereocenters. The third-order valence-corrected chi connectivity index (χ3v) is 4.68. The second-order valence-corrected chi connectivity index (χ2v) is 7.11. The van der Waals surface area contributed by atoms with Gasteiger partial charge in [-0.3, -0.25) is 4.72 Å². The van der Waals surface area contributed by atoms with Crippen LogP contribution in [0.4, 0.5) is 5.69 Å². The van der Waals surface area contributed by atoms with Crippen LogP contribution in [0.25, 0.3) is 0 Å². The molecule has 0 saturated heterocycles. The third-order valence-electron chi connectivity index (χ3n) is 2.98.